The van der Waals surface area contributed by atoms with E-state index in [0.29, 0.717) is 32.2 Å². The fraction of sp³-hybridized carbons (Fsp3) is 0.846. The highest BCUT2D eigenvalue weighted by molar-refractivity contribution is 5.76. The van der Waals surface area contributed by atoms with Gasteiger partial charge in [-0.05, 0) is 33.0 Å². The summed E-state index contributed by atoms with van der Waals surface area (Å²) < 4.78 is 0. The minimum Gasteiger partial charge on any atom is -0.339 e. The number of nitrogens with zero attached hydrogens (tertiary/aromatic N) is 3. The Morgan fingerprint density at radius 1 is 0.947 bits per heavy atom. The molecule has 0 aliphatic carbocycles. The molecule has 6 nitrogen and oxygen atoms in total. The molecule has 0 unspecified atom stereocenters. The van der Waals surface area contributed by atoms with Crippen LogP contribution in [0.5, 0.6) is 0 Å². The van der Waals surface area contributed by atoms with Gasteiger partial charge in [-0.25, -0.2) is 4.79 Å². The van der Waals surface area contributed by atoms with Gasteiger partial charge in [0.05, 0.1) is 0 Å². The Labute approximate surface area is 114 Å². The molecule has 2 aliphatic heterocycles. The highest BCUT2D eigenvalue weighted by Crippen LogP contribution is 2.09. The molecular formula is C13H24N4O2. The van der Waals surface area contributed by atoms with E-state index in [1.165, 1.54) is 0 Å². The van der Waals surface area contributed by atoms with Gasteiger partial charge in [-0.1, -0.05) is 0 Å². The minimum absolute atomic E-state index is 0.0257. The molecule has 1 N–H and O–H groups in total. The molecule has 0 spiro atoms. The van der Waals surface area contributed by atoms with Gasteiger partial charge >= 0.3 is 6.03 Å². The molecule has 6 heteroatoms. The Balaban J connectivity index is 1.74. The number of rotatable bonds is 1. The van der Waals surface area contributed by atoms with Crippen molar-refractivity contribution in [2.45, 2.75) is 25.8 Å². The van der Waals surface area contributed by atoms with Gasteiger partial charge in [0.15, 0.2) is 0 Å². The average molecular weight is 268 g/mol. The Morgan fingerprint density at radius 2 is 1.47 bits per heavy atom. The van der Waals surface area contributed by atoms with Gasteiger partial charge in [0, 0.05) is 39.1 Å². The first kappa shape index (κ1) is 14.1. The number of carbonyl (C=O) groups excluding carboxylic acids is 2. The molecule has 0 saturated carbocycles. The van der Waals surface area contributed by atoms with Crippen molar-refractivity contribution >= 4 is 11.9 Å². The van der Waals surface area contributed by atoms with Crippen LogP contribution in [0, 0.1) is 0 Å². The number of hydrogen-bond acceptors (Lipinski definition) is 3. The number of nitrogens with one attached hydrogen (secondary N) is 1. The van der Waals surface area contributed by atoms with Gasteiger partial charge in [0.25, 0.3) is 0 Å². The summed E-state index contributed by atoms with van der Waals surface area (Å²) in [5.74, 6) is 0.0929. The smallest absolute Gasteiger partial charge is 0.317 e. The van der Waals surface area contributed by atoms with E-state index in [1.807, 2.05) is 4.90 Å². The van der Waals surface area contributed by atoms with Crippen LogP contribution >= 0.6 is 0 Å². The third-order valence-corrected chi connectivity index (χ3v) is 4.06. The summed E-state index contributed by atoms with van der Waals surface area (Å²) in [6, 6.07) is 0.326. The summed E-state index contributed by atoms with van der Waals surface area (Å²) in [7, 11) is 2.11. The van der Waals surface area contributed by atoms with Crippen LogP contribution in [0.25, 0.3) is 0 Å². The first-order chi connectivity index (χ1) is 9.06. The molecule has 3 amide bonds. The van der Waals surface area contributed by atoms with E-state index < -0.39 is 0 Å². The van der Waals surface area contributed by atoms with E-state index in [2.05, 4.69) is 17.3 Å². The average Bonchev–Trinajstić information content (AvgIpc) is 2.41. The van der Waals surface area contributed by atoms with E-state index in [0.717, 1.165) is 25.9 Å². The lowest BCUT2D eigenvalue weighted by Crippen LogP contribution is -2.55. The second kappa shape index (κ2) is 6.23. The highest BCUT2D eigenvalue weighted by Gasteiger charge is 2.25. The van der Waals surface area contributed by atoms with Crippen molar-refractivity contribution in [1.29, 1.82) is 0 Å². The minimum atomic E-state index is 0.0257. The second-order valence-corrected chi connectivity index (χ2v) is 5.52. The number of likely N-dealkylation sites (tertiary alicyclic amines) is 1. The van der Waals surface area contributed by atoms with E-state index in [4.69, 9.17) is 0 Å². The zero-order chi connectivity index (χ0) is 13.8. The topological polar surface area (TPSA) is 55.9 Å². The van der Waals surface area contributed by atoms with Crippen molar-refractivity contribution in [3.8, 4) is 0 Å². The summed E-state index contributed by atoms with van der Waals surface area (Å²) in [6.45, 7) is 6.24. The van der Waals surface area contributed by atoms with Crippen LogP contribution in [0.15, 0.2) is 0 Å². The molecule has 2 aliphatic rings. The molecule has 0 aromatic heterocycles. The molecule has 0 atom stereocenters. The predicted octanol–water partition coefficient (Wildman–Crippen LogP) is -0.0457. The maximum Gasteiger partial charge on any atom is 0.317 e. The van der Waals surface area contributed by atoms with E-state index in [9.17, 15) is 9.59 Å². The fourth-order valence-corrected chi connectivity index (χ4v) is 2.64. The van der Waals surface area contributed by atoms with Crippen LogP contribution in [0.4, 0.5) is 4.79 Å². The van der Waals surface area contributed by atoms with E-state index in [-0.39, 0.29) is 11.9 Å². The first-order valence-electron chi connectivity index (χ1n) is 7.06. The lowest BCUT2D eigenvalue weighted by Gasteiger charge is -2.36. The first-order valence-corrected chi connectivity index (χ1v) is 7.06. The van der Waals surface area contributed by atoms with Crippen LogP contribution in [0.1, 0.15) is 19.8 Å². The van der Waals surface area contributed by atoms with Gasteiger partial charge in [0.1, 0.15) is 0 Å². The van der Waals surface area contributed by atoms with Crippen molar-refractivity contribution < 1.29 is 9.59 Å². The molecule has 0 aromatic carbocycles. The van der Waals surface area contributed by atoms with Gasteiger partial charge in [0.2, 0.25) is 5.91 Å². The van der Waals surface area contributed by atoms with Gasteiger partial charge < -0.3 is 20.0 Å². The second-order valence-electron chi connectivity index (χ2n) is 5.52. The van der Waals surface area contributed by atoms with Crippen molar-refractivity contribution in [2.24, 2.45) is 0 Å². The van der Waals surface area contributed by atoms with Crippen LogP contribution in [0.2, 0.25) is 0 Å². The van der Waals surface area contributed by atoms with Crippen molar-refractivity contribution in [3.63, 3.8) is 0 Å². The zero-order valence-corrected chi connectivity index (χ0v) is 11.9. The zero-order valence-electron chi connectivity index (χ0n) is 11.9. The molecule has 0 bridgehead atoms. The summed E-state index contributed by atoms with van der Waals surface area (Å²) in [4.78, 5) is 29.2. The normalized spacial score (nSPS) is 22.4. The monoisotopic (exact) mass is 268 g/mol. The van der Waals surface area contributed by atoms with Crippen molar-refractivity contribution in [3.05, 3.63) is 0 Å². The lowest BCUT2D eigenvalue weighted by atomic mass is 10.1. The molecule has 0 radical (unpaired) electrons. The summed E-state index contributed by atoms with van der Waals surface area (Å²) in [5.41, 5.74) is 0. The molecular weight excluding hydrogens is 244 g/mol. The number of piperidine rings is 1. The Kier molecular flexibility index (Phi) is 4.63. The van der Waals surface area contributed by atoms with Gasteiger partial charge in [-0.2, -0.15) is 0 Å². The standard InChI is InChI=1S/C13H24N4O2/c1-11(18)16-7-9-17(10-8-16)13(19)14-12-3-5-15(2)6-4-12/h12H,3-10H2,1-2H3,(H,14,19). The molecule has 2 fully saturated rings. The summed E-state index contributed by atoms with van der Waals surface area (Å²) in [6.07, 6.45) is 2.05. The molecule has 2 heterocycles. The Bertz CT molecular complexity index is 332. The van der Waals surface area contributed by atoms with Gasteiger partial charge in [-0.15, -0.1) is 0 Å². The third-order valence-electron chi connectivity index (χ3n) is 4.06. The quantitative estimate of drug-likeness (QED) is 0.726. The lowest BCUT2D eigenvalue weighted by molar-refractivity contribution is -0.130. The van der Waals surface area contributed by atoms with Crippen molar-refractivity contribution in [1.82, 2.24) is 20.0 Å². The molecule has 19 heavy (non-hydrogen) atoms. The fourth-order valence-electron chi connectivity index (χ4n) is 2.64. The number of piperazine rings is 1. The van der Waals surface area contributed by atoms with Gasteiger partial charge in [-0.3, -0.25) is 4.79 Å². The molecule has 2 rings (SSSR count). The van der Waals surface area contributed by atoms with Crippen LogP contribution in [-0.4, -0.2) is 79.0 Å². The van der Waals surface area contributed by atoms with E-state index >= 15 is 0 Å². The van der Waals surface area contributed by atoms with Crippen molar-refractivity contribution in [2.75, 3.05) is 46.3 Å². The molecule has 2 saturated heterocycles. The third kappa shape index (κ3) is 3.83. The van der Waals surface area contributed by atoms with Crippen LogP contribution < -0.4 is 5.32 Å². The number of urea groups is 1. The Morgan fingerprint density at radius 3 is 2.00 bits per heavy atom. The number of amides is 3. The molecule has 108 valence electrons. The summed E-state index contributed by atoms with van der Waals surface area (Å²) >= 11 is 0. The Hall–Kier alpha value is -1.30. The predicted molar refractivity (Wildman–Crippen MR) is 72.9 cm³/mol. The molecule has 0 aromatic rings. The van der Waals surface area contributed by atoms with Crippen LogP contribution in [0.3, 0.4) is 0 Å². The van der Waals surface area contributed by atoms with Crippen LogP contribution in [-0.2, 0) is 4.79 Å². The largest absolute Gasteiger partial charge is 0.339 e. The maximum atomic E-state index is 12.1. The number of carbonyl (C=O) groups is 2. The SMILES string of the molecule is CC(=O)N1CCN(C(=O)NC2CCN(C)CC2)CC1. The number of hydrogen-bond donors (Lipinski definition) is 1. The highest BCUT2D eigenvalue weighted by atomic mass is 16.2. The van der Waals surface area contributed by atoms with E-state index in [1.54, 1.807) is 11.8 Å². The summed E-state index contributed by atoms with van der Waals surface area (Å²) in [5, 5.41) is 3.11. The maximum absolute atomic E-state index is 12.1.